The maximum Gasteiger partial charge on any atom is 0.410 e. The summed E-state index contributed by atoms with van der Waals surface area (Å²) < 4.78 is 7.09. The molecule has 1 aromatic heterocycles. The highest BCUT2D eigenvalue weighted by atomic mass is 16.6. The normalized spacial score (nSPS) is 21.2. The molecular weight excluding hydrogens is 378 g/mol. The van der Waals surface area contributed by atoms with Gasteiger partial charge in [-0.3, -0.25) is 14.8 Å². The molecule has 0 bridgehead atoms. The molecule has 0 unspecified atom stereocenters. The Morgan fingerprint density at radius 2 is 1.93 bits per heavy atom. The SMILES string of the molecule is CC(C)(C)OC(=O)N1CCC(O)(CN2CCC(n3cc([N+](=O)[O-])cn3)CC2)CC1. The summed E-state index contributed by atoms with van der Waals surface area (Å²) in [6.45, 7) is 8.67. The first-order chi connectivity index (χ1) is 13.5. The number of hydrogen-bond donors (Lipinski definition) is 1. The number of hydrogen-bond acceptors (Lipinski definition) is 7. The summed E-state index contributed by atoms with van der Waals surface area (Å²) in [6, 6.07) is 0.142. The van der Waals surface area contributed by atoms with Gasteiger partial charge in [0.05, 0.1) is 16.6 Å². The van der Waals surface area contributed by atoms with Crippen LogP contribution in [-0.4, -0.2) is 79.6 Å². The van der Waals surface area contributed by atoms with Crippen molar-refractivity contribution in [3.63, 3.8) is 0 Å². The van der Waals surface area contributed by atoms with Crippen molar-refractivity contribution in [2.24, 2.45) is 0 Å². The Balaban J connectivity index is 1.45. The molecule has 0 atom stereocenters. The van der Waals surface area contributed by atoms with E-state index in [2.05, 4.69) is 10.00 Å². The van der Waals surface area contributed by atoms with Gasteiger partial charge >= 0.3 is 11.8 Å². The minimum Gasteiger partial charge on any atom is -0.444 e. The van der Waals surface area contributed by atoms with Crippen molar-refractivity contribution in [2.45, 2.75) is 63.7 Å². The number of nitrogens with zero attached hydrogens (tertiary/aromatic N) is 5. The largest absolute Gasteiger partial charge is 0.444 e. The van der Waals surface area contributed by atoms with E-state index in [1.54, 1.807) is 9.58 Å². The Labute approximate surface area is 170 Å². The fourth-order valence-corrected chi connectivity index (χ4v) is 3.97. The van der Waals surface area contributed by atoms with Gasteiger partial charge in [0.25, 0.3) is 0 Å². The van der Waals surface area contributed by atoms with E-state index >= 15 is 0 Å². The number of nitro groups is 1. The van der Waals surface area contributed by atoms with E-state index in [0.29, 0.717) is 32.5 Å². The van der Waals surface area contributed by atoms with Crippen molar-refractivity contribution in [1.29, 1.82) is 0 Å². The molecule has 2 fully saturated rings. The van der Waals surface area contributed by atoms with Crippen LogP contribution in [0.3, 0.4) is 0 Å². The van der Waals surface area contributed by atoms with E-state index in [9.17, 15) is 20.0 Å². The highest BCUT2D eigenvalue weighted by Gasteiger charge is 2.37. The number of aromatic nitrogens is 2. The Bertz CT molecular complexity index is 728. The third kappa shape index (κ3) is 5.66. The van der Waals surface area contributed by atoms with Crippen LogP contribution >= 0.6 is 0 Å². The molecule has 2 saturated heterocycles. The number of carbonyl (C=O) groups excluding carboxylic acids is 1. The quantitative estimate of drug-likeness (QED) is 0.599. The molecule has 2 aliphatic heterocycles. The van der Waals surface area contributed by atoms with Gasteiger partial charge in [0, 0.05) is 32.7 Å². The van der Waals surface area contributed by atoms with Gasteiger partial charge in [0.15, 0.2) is 0 Å². The molecular formula is C19H31N5O5. The summed E-state index contributed by atoms with van der Waals surface area (Å²) in [5, 5.41) is 25.9. The lowest BCUT2D eigenvalue weighted by Gasteiger charge is -2.42. The number of rotatable bonds is 4. The van der Waals surface area contributed by atoms with Gasteiger partial charge in [-0.1, -0.05) is 0 Å². The maximum atomic E-state index is 12.2. The first-order valence-corrected chi connectivity index (χ1v) is 10.2. The molecule has 2 aliphatic rings. The molecule has 3 heterocycles. The third-order valence-corrected chi connectivity index (χ3v) is 5.59. The fourth-order valence-electron chi connectivity index (χ4n) is 3.97. The standard InChI is InChI=1S/C19H31N5O5/c1-18(2,3)29-17(25)22-10-6-19(26,7-11-22)14-21-8-4-15(5-9-21)23-13-16(12-20-23)24(27)28/h12-13,15,26H,4-11,14H2,1-3H3. The number of likely N-dealkylation sites (tertiary alicyclic amines) is 2. The van der Waals surface area contributed by atoms with E-state index in [0.717, 1.165) is 25.9 Å². The third-order valence-electron chi connectivity index (χ3n) is 5.59. The minimum absolute atomic E-state index is 0.0125. The average molecular weight is 409 g/mol. The zero-order chi connectivity index (χ0) is 21.2. The molecule has 29 heavy (non-hydrogen) atoms. The molecule has 1 amide bonds. The lowest BCUT2D eigenvalue weighted by atomic mass is 9.90. The molecule has 0 radical (unpaired) electrons. The monoisotopic (exact) mass is 409 g/mol. The van der Waals surface area contributed by atoms with Crippen molar-refractivity contribution in [2.75, 3.05) is 32.7 Å². The topological polar surface area (TPSA) is 114 Å². The Hall–Kier alpha value is -2.20. The second kappa shape index (κ2) is 8.27. The predicted molar refractivity (Wildman–Crippen MR) is 106 cm³/mol. The summed E-state index contributed by atoms with van der Waals surface area (Å²) in [5.41, 5.74) is -1.32. The molecule has 0 saturated carbocycles. The second-order valence-electron chi connectivity index (χ2n) is 9.13. The fraction of sp³-hybridized carbons (Fsp3) is 0.789. The van der Waals surface area contributed by atoms with E-state index < -0.39 is 16.1 Å². The van der Waals surface area contributed by atoms with Gasteiger partial charge < -0.3 is 19.6 Å². The number of piperidine rings is 2. The average Bonchev–Trinajstić information content (AvgIpc) is 3.11. The van der Waals surface area contributed by atoms with E-state index in [4.69, 9.17) is 4.74 Å². The first-order valence-electron chi connectivity index (χ1n) is 10.2. The number of aliphatic hydroxyl groups is 1. The van der Waals surface area contributed by atoms with E-state index in [1.807, 2.05) is 20.8 Å². The van der Waals surface area contributed by atoms with Crippen LogP contribution in [0.2, 0.25) is 0 Å². The number of ether oxygens (including phenoxy) is 1. The Morgan fingerprint density at radius 3 is 2.45 bits per heavy atom. The van der Waals surface area contributed by atoms with Crippen molar-refractivity contribution < 1.29 is 19.6 Å². The van der Waals surface area contributed by atoms with Gasteiger partial charge in [-0.05, 0) is 46.5 Å². The molecule has 0 spiro atoms. The van der Waals surface area contributed by atoms with Crippen molar-refractivity contribution in [1.82, 2.24) is 19.6 Å². The second-order valence-corrected chi connectivity index (χ2v) is 9.13. The molecule has 1 aromatic rings. The molecule has 1 N–H and O–H groups in total. The van der Waals surface area contributed by atoms with Crippen LogP contribution in [0.15, 0.2) is 12.4 Å². The lowest BCUT2D eigenvalue weighted by molar-refractivity contribution is -0.385. The highest BCUT2D eigenvalue weighted by molar-refractivity contribution is 5.68. The molecule has 0 aliphatic carbocycles. The van der Waals surface area contributed by atoms with Crippen molar-refractivity contribution in [3.8, 4) is 0 Å². The number of β-amino-alcohol motifs (C(OH)–C–C–N with tert-alkyl or cyclic N) is 1. The molecule has 3 rings (SSSR count). The summed E-state index contributed by atoms with van der Waals surface area (Å²) in [5.74, 6) is 0. The summed E-state index contributed by atoms with van der Waals surface area (Å²) in [6.07, 6.45) is 5.16. The van der Waals surface area contributed by atoms with Crippen LogP contribution < -0.4 is 0 Å². The smallest absolute Gasteiger partial charge is 0.410 e. The van der Waals surface area contributed by atoms with Gasteiger partial charge in [0.1, 0.15) is 18.0 Å². The predicted octanol–water partition coefficient (Wildman–Crippen LogP) is 2.19. The molecule has 0 aromatic carbocycles. The Morgan fingerprint density at radius 1 is 1.31 bits per heavy atom. The van der Waals surface area contributed by atoms with Crippen LogP contribution in [0, 0.1) is 10.1 Å². The number of carbonyl (C=O) groups is 1. The van der Waals surface area contributed by atoms with Crippen LogP contribution in [0.4, 0.5) is 10.5 Å². The summed E-state index contributed by atoms with van der Waals surface area (Å²) >= 11 is 0. The van der Waals surface area contributed by atoms with Crippen molar-refractivity contribution in [3.05, 3.63) is 22.5 Å². The Kier molecular flexibility index (Phi) is 6.13. The number of amides is 1. The van der Waals surface area contributed by atoms with Crippen LogP contribution in [0.1, 0.15) is 52.5 Å². The van der Waals surface area contributed by atoms with E-state index in [-0.39, 0.29) is 17.8 Å². The summed E-state index contributed by atoms with van der Waals surface area (Å²) in [4.78, 5) is 26.5. The zero-order valence-corrected chi connectivity index (χ0v) is 17.4. The highest BCUT2D eigenvalue weighted by Crippen LogP contribution is 2.28. The van der Waals surface area contributed by atoms with Gasteiger partial charge in [-0.25, -0.2) is 4.79 Å². The molecule has 162 valence electrons. The molecule has 10 nitrogen and oxygen atoms in total. The van der Waals surface area contributed by atoms with Crippen molar-refractivity contribution >= 4 is 11.8 Å². The zero-order valence-electron chi connectivity index (χ0n) is 17.4. The molecule has 10 heteroatoms. The lowest BCUT2D eigenvalue weighted by Crippen LogP contribution is -2.53. The van der Waals surface area contributed by atoms with Gasteiger partial charge in [0.2, 0.25) is 0 Å². The summed E-state index contributed by atoms with van der Waals surface area (Å²) in [7, 11) is 0. The van der Waals surface area contributed by atoms with Crippen LogP contribution in [0.5, 0.6) is 0 Å². The minimum atomic E-state index is -0.810. The van der Waals surface area contributed by atoms with Crippen LogP contribution in [0.25, 0.3) is 0 Å². The van der Waals surface area contributed by atoms with Gasteiger partial charge in [-0.2, -0.15) is 5.10 Å². The van der Waals surface area contributed by atoms with E-state index in [1.165, 1.54) is 12.4 Å². The maximum absolute atomic E-state index is 12.2. The first kappa shape index (κ1) is 21.5. The van der Waals surface area contributed by atoms with Gasteiger partial charge in [-0.15, -0.1) is 0 Å². The van der Waals surface area contributed by atoms with Crippen LogP contribution in [-0.2, 0) is 4.74 Å².